The zero-order chi connectivity index (χ0) is 16.5. The Labute approximate surface area is 139 Å². The number of guanidine groups is 1. The van der Waals surface area contributed by atoms with Gasteiger partial charge in [-0.2, -0.15) is 0 Å². The summed E-state index contributed by atoms with van der Waals surface area (Å²) in [7, 11) is 0. The molecule has 0 aromatic heterocycles. The van der Waals surface area contributed by atoms with Crippen molar-refractivity contribution in [2.45, 2.75) is 70.4 Å². The van der Waals surface area contributed by atoms with Gasteiger partial charge in [-0.25, -0.2) is 0 Å². The fourth-order valence-electron chi connectivity index (χ4n) is 3.21. The highest BCUT2D eigenvalue weighted by atomic mass is 16.5. The quantitative estimate of drug-likeness (QED) is 0.491. The SMILES string of the molecule is CCNC(=NCC1(C)CCCO1)NCCC(=O)NC1CCCC1. The molecule has 2 aliphatic rings. The Morgan fingerprint density at radius 2 is 2.04 bits per heavy atom. The summed E-state index contributed by atoms with van der Waals surface area (Å²) < 4.78 is 5.76. The number of ether oxygens (including phenoxy) is 1. The standard InChI is InChI=1S/C17H32N4O2/c1-3-18-16(20-13-17(2)10-6-12-23-17)19-11-9-15(22)21-14-7-4-5-8-14/h14H,3-13H2,1-2H3,(H,21,22)(H2,18,19,20). The van der Waals surface area contributed by atoms with Crippen LogP contribution >= 0.6 is 0 Å². The number of carbonyl (C=O) groups is 1. The van der Waals surface area contributed by atoms with Crippen molar-refractivity contribution >= 4 is 11.9 Å². The lowest BCUT2D eigenvalue weighted by Crippen LogP contribution is -2.41. The van der Waals surface area contributed by atoms with Crippen LogP contribution in [0.3, 0.4) is 0 Å². The molecule has 1 amide bonds. The maximum Gasteiger partial charge on any atom is 0.221 e. The van der Waals surface area contributed by atoms with Gasteiger partial charge in [0.05, 0.1) is 12.1 Å². The minimum atomic E-state index is -0.137. The Balaban J connectivity index is 1.69. The smallest absolute Gasteiger partial charge is 0.221 e. The van der Waals surface area contributed by atoms with E-state index in [1.165, 1.54) is 12.8 Å². The van der Waals surface area contributed by atoms with Gasteiger partial charge in [0.15, 0.2) is 5.96 Å². The topological polar surface area (TPSA) is 74.8 Å². The highest BCUT2D eigenvalue weighted by Gasteiger charge is 2.29. The van der Waals surface area contributed by atoms with Crippen LogP contribution in [0.25, 0.3) is 0 Å². The number of hydrogen-bond donors (Lipinski definition) is 3. The molecule has 0 spiro atoms. The van der Waals surface area contributed by atoms with Crippen molar-refractivity contribution in [3.63, 3.8) is 0 Å². The molecular weight excluding hydrogens is 292 g/mol. The number of aliphatic imine (C=N–C) groups is 1. The number of nitrogens with one attached hydrogen (secondary N) is 3. The Bertz CT molecular complexity index is 399. The average Bonchev–Trinajstić information content (AvgIpc) is 3.17. The largest absolute Gasteiger partial charge is 0.373 e. The number of hydrogen-bond acceptors (Lipinski definition) is 3. The van der Waals surface area contributed by atoms with Crippen LogP contribution in [0.2, 0.25) is 0 Å². The van der Waals surface area contributed by atoms with Gasteiger partial charge in [-0.3, -0.25) is 9.79 Å². The lowest BCUT2D eigenvalue weighted by Gasteiger charge is -2.21. The molecule has 23 heavy (non-hydrogen) atoms. The van der Waals surface area contributed by atoms with Crippen LogP contribution in [0.4, 0.5) is 0 Å². The Morgan fingerprint density at radius 3 is 2.70 bits per heavy atom. The molecule has 6 nitrogen and oxygen atoms in total. The van der Waals surface area contributed by atoms with Crippen molar-refractivity contribution in [2.24, 2.45) is 4.99 Å². The second-order valence-corrected chi connectivity index (χ2v) is 6.82. The predicted molar refractivity (Wildman–Crippen MR) is 92.6 cm³/mol. The maximum atomic E-state index is 11.9. The molecule has 1 aliphatic heterocycles. The molecular formula is C17H32N4O2. The highest BCUT2D eigenvalue weighted by Crippen LogP contribution is 2.24. The summed E-state index contributed by atoms with van der Waals surface area (Å²) >= 11 is 0. The van der Waals surface area contributed by atoms with E-state index in [0.29, 0.717) is 25.6 Å². The molecule has 2 rings (SSSR count). The summed E-state index contributed by atoms with van der Waals surface area (Å²) in [5.74, 6) is 0.893. The second kappa shape index (κ2) is 9.11. The summed E-state index contributed by atoms with van der Waals surface area (Å²) in [6, 6.07) is 0.392. The number of carbonyl (C=O) groups excluding carboxylic acids is 1. The third-order valence-corrected chi connectivity index (χ3v) is 4.58. The van der Waals surface area contributed by atoms with Crippen LogP contribution < -0.4 is 16.0 Å². The summed E-state index contributed by atoms with van der Waals surface area (Å²) in [6.45, 7) is 7.04. The van der Waals surface area contributed by atoms with Gasteiger partial charge >= 0.3 is 0 Å². The molecule has 1 atom stereocenters. The molecule has 1 saturated carbocycles. The predicted octanol–water partition coefficient (Wildman–Crippen LogP) is 1.56. The van der Waals surface area contributed by atoms with E-state index in [2.05, 4.69) is 27.9 Å². The summed E-state index contributed by atoms with van der Waals surface area (Å²) in [5, 5.41) is 9.57. The summed E-state index contributed by atoms with van der Waals surface area (Å²) in [4.78, 5) is 16.5. The zero-order valence-electron chi connectivity index (χ0n) is 14.6. The number of rotatable bonds is 7. The number of nitrogens with zero attached hydrogens (tertiary/aromatic N) is 1. The lowest BCUT2D eigenvalue weighted by atomic mass is 10.0. The highest BCUT2D eigenvalue weighted by molar-refractivity contribution is 5.81. The van der Waals surface area contributed by atoms with Gasteiger partial charge in [-0.1, -0.05) is 12.8 Å². The van der Waals surface area contributed by atoms with Crippen LogP contribution in [-0.4, -0.2) is 49.8 Å². The van der Waals surface area contributed by atoms with Crippen molar-refractivity contribution < 1.29 is 9.53 Å². The Hall–Kier alpha value is -1.30. The maximum absolute atomic E-state index is 11.9. The van der Waals surface area contributed by atoms with E-state index in [4.69, 9.17) is 4.74 Å². The first-order chi connectivity index (χ1) is 11.1. The van der Waals surface area contributed by atoms with Crippen molar-refractivity contribution in [3.05, 3.63) is 0 Å². The van der Waals surface area contributed by atoms with E-state index in [9.17, 15) is 4.79 Å². The Morgan fingerprint density at radius 1 is 1.26 bits per heavy atom. The molecule has 0 bridgehead atoms. The van der Waals surface area contributed by atoms with Gasteiger partial charge in [0.2, 0.25) is 5.91 Å². The minimum Gasteiger partial charge on any atom is -0.373 e. The molecule has 3 N–H and O–H groups in total. The molecule has 0 radical (unpaired) electrons. The first-order valence-electron chi connectivity index (χ1n) is 9.07. The minimum absolute atomic E-state index is 0.131. The van der Waals surface area contributed by atoms with E-state index < -0.39 is 0 Å². The van der Waals surface area contributed by atoms with Gasteiger partial charge in [-0.05, 0) is 39.5 Å². The number of amides is 1. The molecule has 0 aromatic rings. The van der Waals surface area contributed by atoms with Crippen LogP contribution in [0.15, 0.2) is 4.99 Å². The van der Waals surface area contributed by atoms with Gasteiger partial charge in [0.1, 0.15) is 0 Å². The summed E-state index contributed by atoms with van der Waals surface area (Å²) in [5.41, 5.74) is -0.137. The van der Waals surface area contributed by atoms with Gasteiger partial charge in [-0.15, -0.1) is 0 Å². The van der Waals surface area contributed by atoms with E-state index >= 15 is 0 Å². The molecule has 6 heteroatoms. The van der Waals surface area contributed by atoms with Gasteiger partial charge in [0, 0.05) is 32.2 Å². The molecule has 132 valence electrons. The van der Waals surface area contributed by atoms with Crippen molar-refractivity contribution in [2.75, 3.05) is 26.2 Å². The average molecular weight is 324 g/mol. The first kappa shape index (κ1) is 18.0. The van der Waals surface area contributed by atoms with Crippen LogP contribution in [0, 0.1) is 0 Å². The van der Waals surface area contributed by atoms with Crippen LogP contribution in [0.1, 0.15) is 58.8 Å². The van der Waals surface area contributed by atoms with E-state index in [1.54, 1.807) is 0 Å². The van der Waals surface area contributed by atoms with Gasteiger partial charge < -0.3 is 20.7 Å². The van der Waals surface area contributed by atoms with E-state index in [0.717, 1.165) is 44.8 Å². The fraction of sp³-hybridized carbons (Fsp3) is 0.882. The lowest BCUT2D eigenvalue weighted by molar-refractivity contribution is -0.121. The molecule has 1 unspecified atom stereocenters. The third-order valence-electron chi connectivity index (χ3n) is 4.58. The van der Waals surface area contributed by atoms with E-state index in [1.807, 2.05) is 6.92 Å². The van der Waals surface area contributed by atoms with Crippen LogP contribution in [-0.2, 0) is 9.53 Å². The molecule has 1 heterocycles. The second-order valence-electron chi connectivity index (χ2n) is 6.82. The molecule has 1 saturated heterocycles. The van der Waals surface area contributed by atoms with Crippen molar-refractivity contribution in [1.29, 1.82) is 0 Å². The van der Waals surface area contributed by atoms with Crippen molar-refractivity contribution in [1.82, 2.24) is 16.0 Å². The fourth-order valence-corrected chi connectivity index (χ4v) is 3.21. The monoisotopic (exact) mass is 324 g/mol. The molecule has 1 aliphatic carbocycles. The third kappa shape index (κ3) is 6.37. The van der Waals surface area contributed by atoms with Crippen molar-refractivity contribution in [3.8, 4) is 0 Å². The molecule has 0 aromatic carbocycles. The first-order valence-corrected chi connectivity index (χ1v) is 9.07. The molecule has 2 fully saturated rings. The Kier molecular flexibility index (Phi) is 7.15. The summed E-state index contributed by atoms with van der Waals surface area (Å²) in [6.07, 6.45) is 7.37. The normalized spacial score (nSPS) is 25.6. The van der Waals surface area contributed by atoms with Crippen LogP contribution in [0.5, 0.6) is 0 Å². The van der Waals surface area contributed by atoms with E-state index in [-0.39, 0.29) is 11.5 Å². The zero-order valence-corrected chi connectivity index (χ0v) is 14.6. The van der Waals surface area contributed by atoms with Gasteiger partial charge in [0.25, 0.3) is 0 Å².